The summed E-state index contributed by atoms with van der Waals surface area (Å²) in [5.74, 6) is -0.226. The van der Waals surface area contributed by atoms with Crippen LogP contribution in [0.5, 0.6) is 0 Å². The Balaban J connectivity index is 2.14. The highest BCUT2D eigenvalue weighted by atomic mass is 16.6. The second-order valence-corrected chi connectivity index (χ2v) is 6.88. The lowest BCUT2D eigenvalue weighted by molar-refractivity contribution is -0.385. The molecule has 8 heteroatoms. The van der Waals surface area contributed by atoms with Gasteiger partial charge in [-0.3, -0.25) is 19.8 Å². The van der Waals surface area contributed by atoms with Crippen molar-refractivity contribution in [2.75, 3.05) is 53.9 Å². The average Bonchev–Trinajstić information content (AvgIpc) is 2.59. The van der Waals surface area contributed by atoms with Gasteiger partial charge >= 0.3 is 0 Å². The summed E-state index contributed by atoms with van der Waals surface area (Å²) in [7, 11) is 5.58. The molecule has 1 N–H and O–H groups in total. The van der Waals surface area contributed by atoms with Crippen molar-refractivity contribution in [3.8, 4) is 0 Å². The SMILES string of the molecule is CNC(=O)c1ccc([N+](=O)[O-])c(CCN2CCOC(CN(C)C)C2)c1C. The number of carbonyl (C=O) groups is 1. The zero-order valence-electron chi connectivity index (χ0n) is 15.9. The molecule has 0 bridgehead atoms. The first-order chi connectivity index (χ1) is 12.3. The van der Waals surface area contributed by atoms with E-state index in [9.17, 15) is 14.9 Å². The minimum absolute atomic E-state index is 0.0771. The van der Waals surface area contributed by atoms with Crippen LogP contribution in [0.3, 0.4) is 0 Å². The summed E-state index contributed by atoms with van der Waals surface area (Å²) in [6.45, 7) is 5.61. The Morgan fingerprint density at radius 3 is 2.81 bits per heavy atom. The van der Waals surface area contributed by atoms with Crippen molar-refractivity contribution >= 4 is 11.6 Å². The smallest absolute Gasteiger partial charge is 0.272 e. The first-order valence-electron chi connectivity index (χ1n) is 8.81. The van der Waals surface area contributed by atoms with Crippen LogP contribution in [0.4, 0.5) is 5.69 Å². The molecule has 1 atom stereocenters. The van der Waals surface area contributed by atoms with Crippen LogP contribution in [0.2, 0.25) is 0 Å². The van der Waals surface area contributed by atoms with Gasteiger partial charge in [-0.05, 0) is 39.1 Å². The van der Waals surface area contributed by atoms with E-state index in [1.807, 2.05) is 14.1 Å². The van der Waals surface area contributed by atoms with Crippen molar-refractivity contribution < 1.29 is 14.5 Å². The van der Waals surface area contributed by atoms with Crippen LogP contribution in [0.25, 0.3) is 0 Å². The van der Waals surface area contributed by atoms with Gasteiger partial charge < -0.3 is 15.0 Å². The molecule has 1 amide bonds. The van der Waals surface area contributed by atoms with Crippen molar-refractivity contribution in [2.45, 2.75) is 19.4 Å². The van der Waals surface area contributed by atoms with Crippen molar-refractivity contribution in [1.82, 2.24) is 15.1 Å². The van der Waals surface area contributed by atoms with Gasteiger partial charge in [0.1, 0.15) is 0 Å². The van der Waals surface area contributed by atoms with Gasteiger partial charge in [-0.15, -0.1) is 0 Å². The molecule has 144 valence electrons. The Morgan fingerprint density at radius 1 is 1.46 bits per heavy atom. The van der Waals surface area contributed by atoms with E-state index < -0.39 is 0 Å². The fraction of sp³-hybridized carbons (Fsp3) is 0.611. The third kappa shape index (κ3) is 5.00. The van der Waals surface area contributed by atoms with Gasteiger partial charge in [0.2, 0.25) is 0 Å². The summed E-state index contributed by atoms with van der Waals surface area (Å²) in [4.78, 5) is 27.4. The number of amides is 1. The summed E-state index contributed by atoms with van der Waals surface area (Å²) >= 11 is 0. The van der Waals surface area contributed by atoms with Crippen molar-refractivity contribution in [1.29, 1.82) is 0 Å². The van der Waals surface area contributed by atoms with E-state index in [0.29, 0.717) is 36.3 Å². The van der Waals surface area contributed by atoms with Crippen LogP contribution in [0.15, 0.2) is 12.1 Å². The van der Waals surface area contributed by atoms with Gasteiger partial charge in [-0.2, -0.15) is 0 Å². The molecule has 0 spiro atoms. The number of ether oxygens (including phenoxy) is 1. The van der Waals surface area contributed by atoms with Gasteiger partial charge in [0.25, 0.3) is 11.6 Å². The predicted octanol–water partition coefficient (Wildman–Crippen LogP) is 1.07. The average molecular weight is 364 g/mol. The van der Waals surface area contributed by atoms with Crippen LogP contribution in [0.1, 0.15) is 21.5 Å². The summed E-state index contributed by atoms with van der Waals surface area (Å²) in [5.41, 5.74) is 1.87. The number of likely N-dealkylation sites (N-methyl/N-ethyl adjacent to an activating group) is 1. The van der Waals surface area contributed by atoms with Gasteiger partial charge in [-0.25, -0.2) is 0 Å². The molecule has 0 aromatic heterocycles. The van der Waals surface area contributed by atoms with Gasteiger partial charge in [0, 0.05) is 50.4 Å². The maximum absolute atomic E-state index is 12.0. The van der Waals surface area contributed by atoms with Crippen LogP contribution >= 0.6 is 0 Å². The van der Waals surface area contributed by atoms with E-state index in [4.69, 9.17) is 4.74 Å². The quantitative estimate of drug-likeness (QED) is 0.575. The van der Waals surface area contributed by atoms with Gasteiger partial charge in [-0.1, -0.05) is 0 Å². The summed E-state index contributed by atoms with van der Waals surface area (Å²) in [6.07, 6.45) is 0.675. The summed E-state index contributed by atoms with van der Waals surface area (Å²) < 4.78 is 5.78. The molecule has 1 aromatic carbocycles. The lowest BCUT2D eigenvalue weighted by Gasteiger charge is -2.34. The lowest BCUT2D eigenvalue weighted by Crippen LogP contribution is -2.47. The Labute approximate surface area is 154 Å². The summed E-state index contributed by atoms with van der Waals surface area (Å²) in [6, 6.07) is 2.96. The number of hydrogen-bond donors (Lipinski definition) is 1. The van der Waals surface area contributed by atoms with E-state index in [2.05, 4.69) is 15.1 Å². The first kappa shape index (κ1) is 20.3. The van der Waals surface area contributed by atoms with Gasteiger partial charge in [0.05, 0.1) is 17.6 Å². The van der Waals surface area contributed by atoms with E-state index in [-0.39, 0.29) is 22.6 Å². The van der Waals surface area contributed by atoms with E-state index >= 15 is 0 Å². The zero-order valence-corrected chi connectivity index (χ0v) is 15.9. The fourth-order valence-electron chi connectivity index (χ4n) is 3.38. The molecule has 26 heavy (non-hydrogen) atoms. The Kier molecular flexibility index (Phi) is 7.07. The maximum atomic E-state index is 12.0. The first-order valence-corrected chi connectivity index (χ1v) is 8.81. The molecule has 0 radical (unpaired) electrons. The van der Waals surface area contributed by atoms with Crippen molar-refractivity contribution in [3.63, 3.8) is 0 Å². The molecule has 1 saturated heterocycles. The second kappa shape index (κ2) is 9.07. The summed E-state index contributed by atoms with van der Waals surface area (Å²) in [5, 5.41) is 14.0. The largest absolute Gasteiger partial charge is 0.374 e. The number of nitrogens with zero attached hydrogens (tertiary/aromatic N) is 3. The van der Waals surface area contributed by atoms with Crippen LogP contribution in [-0.4, -0.2) is 80.7 Å². The topological polar surface area (TPSA) is 87.9 Å². The number of nitro groups is 1. The van der Waals surface area contributed by atoms with Crippen molar-refractivity contribution in [2.24, 2.45) is 0 Å². The van der Waals surface area contributed by atoms with Crippen LogP contribution in [0, 0.1) is 17.0 Å². The Bertz CT molecular complexity index is 663. The number of hydrogen-bond acceptors (Lipinski definition) is 6. The highest BCUT2D eigenvalue weighted by Gasteiger charge is 2.24. The molecule has 1 aliphatic rings. The Morgan fingerprint density at radius 2 is 2.19 bits per heavy atom. The monoisotopic (exact) mass is 364 g/mol. The molecule has 0 aliphatic carbocycles. The highest BCUT2D eigenvalue weighted by molar-refractivity contribution is 5.96. The van der Waals surface area contributed by atoms with E-state index in [0.717, 1.165) is 19.6 Å². The third-order valence-electron chi connectivity index (χ3n) is 4.71. The minimum Gasteiger partial charge on any atom is -0.374 e. The van der Waals surface area contributed by atoms with E-state index in [1.165, 1.54) is 12.1 Å². The fourth-order valence-corrected chi connectivity index (χ4v) is 3.38. The zero-order chi connectivity index (χ0) is 19.3. The Hall–Kier alpha value is -2.03. The van der Waals surface area contributed by atoms with E-state index in [1.54, 1.807) is 14.0 Å². The molecule has 1 aromatic rings. The highest BCUT2D eigenvalue weighted by Crippen LogP contribution is 2.26. The lowest BCUT2D eigenvalue weighted by atomic mass is 9.97. The molecule has 2 rings (SSSR count). The molecule has 1 unspecified atom stereocenters. The standard InChI is InChI=1S/C18H28N4O4/c1-13-15(17(22(24)25)6-5-16(13)18(23)19-2)7-8-21-9-10-26-14(12-21)11-20(3)4/h5-6,14H,7-12H2,1-4H3,(H,19,23). The molecular weight excluding hydrogens is 336 g/mol. The molecule has 1 fully saturated rings. The van der Waals surface area contributed by atoms with Crippen molar-refractivity contribution in [3.05, 3.63) is 38.9 Å². The molecule has 0 saturated carbocycles. The molecular formula is C18H28N4O4. The molecule has 8 nitrogen and oxygen atoms in total. The number of nitrogens with one attached hydrogen (secondary N) is 1. The second-order valence-electron chi connectivity index (χ2n) is 6.88. The molecule has 1 aliphatic heterocycles. The van der Waals surface area contributed by atoms with Gasteiger partial charge in [0.15, 0.2) is 0 Å². The minimum atomic E-state index is -0.371. The predicted molar refractivity (Wildman–Crippen MR) is 99.7 cm³/mol. The molecule has 1 heterocycles. The van der Waals surface area contributed by atoms with Crippen LogP contribution < -0.4 is 5.32 Å². The normalized spacial score (nSPS) is 18.1. The third-order valence-corrected chi connectivity index (χ3v) is 4.71. The number of rotatable bonds is 7. The number of morpholine rings is 1. The number of nitro benzene ring substituents is 1. The number of carbonyl (C=O) groups excluding carboxylic acids is 1. The maximum Gasteiger partial charge on any atom is 0.272 e. The van der Waals surface area contributed by atoms with Crippen LogP contribution in [-0.2, 0) is 11.2 Å². The number of benzene rings is 1.